The molecule has 0 bridgehead atoms. The molecule has 2 aromatic heterocycles. The van der Waals surface area contributed by atoms with E-state index in [-0.39, 0.29) is 11.7 Å². The second-order valence-electron chi connectivity index (χ2n) is 4.75. The zero-order chi connectivity index (χ0) is 16.8. The number of carbonyl (C=O) groups is 1. The van der Waals surface area contributed by atoms with Crippen LogP contribution >= 0.6 is 23.1 Å². The lowest BCUT2D eigenvalue weighted by Gasteiger charge is -2.01. The van der Waals surface area contributed by atoms with E-state index < -0.39 is 0 Å². The van der Waals surface area contributed by atoms with Gasteiger partial charge in [-0.1, -0.05) is 17.8 Å². The standard InChI is InChI=1S/C16H15N3O3S2/c1-21-12-6-4-11(5-7-12)15-18-19-16(22-15)24-10-14(20)17-9-13-3-2-8-23-13/h2-8H,9-10H2,1H3,(H,17,20). The van der Waals surface area contributed by atoms with E-state index in [0.717, 1.165) is 16.2 Å². The van der Waals surface area contributed by atoms with E-state index in [1.165, 1.54) is 11.8 Å². The van der Waals surface area contributed by atoms with Crippen LogP contribution in [0.5, 0.6) is 5.75 Å². The lowest BCUT2D eigenvalue weighted by molar-refractivity contribution is -0.118. The number of hydrogen-bond acceptors (Lipinski definition) is 7. The SMILES string of the molecule is COc1ccc(-c2nnc(SCC(=O)NCc3cccs3)o2)cc1. The first-order valence-electron chi connectivity index (χ1n) is 7.14. The van der Waals surface area contributed by atoms with Gasteiger partial charge in [-0.15, -0.1) is 21.5 Å². The fraction of sp³-hybridized carbons (Fsp3) is 0.188. The fourth-order valence-electron chi connectivity index (χ4n) is 1.90. The van der Waals surface area contributed by atoms with Crippen molar-refractivity contribution in [2.24, 2.45) is 0 Å². The summed E-state index contributed by atoms with van der Waals surface area (Å²) in [5, 5.41) is 13.2. The number of benzene rings is 1. The average Bonchev–Trinajstić information content (AvgIpc) is 3.30. The van der Waals surface area contributed by atoms with Crippen LogP contribution in [0, 0.1) is 0 Å². The highest BCUT2D eigenvalue weighted by Crippen LogP contribution is 2.24. The maximum atomic E-state index is 11.8. The minimum Gasteiger partial charge on any atom is -0.497 e. The Labute approximate surface area is 147 Å². The van der Waals surface area contributed by atoms with Crippen LogP contribution in [0.1, 0.15) is 4.88 Å². The largest absolute Gasteiger partial charge is 0.497 e. The third-order valence-corrected chi connectivity index (χ3v) is 4.80. The van der Waals surface area contributed by atoms with Crippen LogP contribution in [0.25, 0.3) is 11.5 Å². The van der Waals surface area contributed by atoms with Gasteiger partial charge in [-0.2, -0.15) is 0 Å². The number of rotatable bonds is 7. The number of nitrogens with one attached hydrogen (secondary N) is 1. The molecule has 3 aromatic rings. The van der Waals surface area contributed by atoms with E-state index >= 15 is 0 Å². The minimum absolute atomic E-state index is 0.0717. The van der Waals surface area contributed by atoms with Crippen LogP contribution < -0.4 is 10.1 Å². The number of amides is 1. The molecule has 24 heavy (non-hydrogen) atoms. The Morgan fingerprint density at radius 2 is 2.12 bits per heavy atom. The summed E-state index contributed by atoms with van der Waals surface area (Å²) in [5.41, 5.74) is 0.803. The molecule has 6 nitrogen and oxygen atoms in total. The van der Waals surface area contributed by atoms with Gasteiger partial charge in [0.25, 0.3) is 5.22 Å². The van der Waals surface area contributed by atoms with Crippen molar-refractivity contribution in [2.75, 3.05) is 12.9 Å². The smallest absolute Gasteiger partial charge is 0.277 e. The van der Waals surface area contributed by atoms with Crippen molar-refractivity contribution in [1.29, 1.82) is 0 Å². The summed E-state index contributed by atoms with van der Waals surface area (Å²) >= 11 is 2.83. The van der Waals surface area contributed by atoms with Gasteiger partial charge >= 0.3 is 0 Å². The molecular formula is C16H15N3O3S2. The van der Waals surface area contributed by atoms with E-state index in [0.29, 0.717) is 17.7 Å². The Morgan fingerprint density at radius 1 is 1.29 bits per heavy atom. The number of thiophene rings is 1. The molecule has 0 saturated heterocycles. The number of methoxy groups -OCH3 is 1. The second-order valence-corrected chi connectivity index (χ2v) is 6.71. The molecule has 1 amide bonds. The van der Waals surface area contributed by atoms with Crippen molar-refractivity contribution in [3.05, 3.63) is 46.7 Å². The molecule has 1 aromatic carbocycles. The Hall–Kier alpha value is -2.32. The monoisotopic (exact) mass is 361 g/mol. The van der Waals surface area contributed by atoms with Crippen molar-refractivity contribution in [3.63, 3.8) is 0 Å². The lowest BCUT2D eigenvalue weighted by atomic mass is 10.2. The highest BCUT2D eigenvalue weighted by molar-refractivity contribution is 7.99. The predicted octanol–water partition coefficient (Wildman–Crippen LogP) is 3.22. The van der Waals surface area contributed by atoms with Crippen molar-refractivity contribution in [2.45, 2.75) is 11.8 Å². The van der Waals surface area contributed by atoms with Crippen molar-refractivity contribution < 1.29 is 13.9 Å². The fourth-order valence-corrected chi connectivity index (χ4v) is 3.13. The summed E-state index contributed by atoms with van der Waals surface area (Å²) in [7, 11) is 1.61. The number of nitrogens with zero attached hydrogens (tertiary/aromatic N) is 2. The van der Waals surface area contributed by atoms with Gasteiger partial charge < -0.3 is 14.5 Å². The zero-order valence-corrected chi connectivity index (χ0v) is 14.5. The molecular weight excluding hydrogens is 346 g/mol. The molecule has 2 heterocycles. The summed E-state index contributed by atoms with van der Waals surface area (Å²) in [6.07, 6.45) is 0. The molecule has 0 unspecified atom stereocenters. The van der Waals surface area contributed by atoms with Gasteiger partial charge in [-0.3, -0.25) is 4.79 Å². The Kier molecular flexibility index (Phi) is 5.50. The van der Waals surface area contributed by atoms with E-state index in [2.05, 4.69) is 15.5 Å². The van der Waals surface area contributed by atoms with Gasteiger partial charge in [0, 0.05) is 10.4 Å². The van der Waals surface area contributed by atoms with Crippen LogP contribution in [0.3, 0.4) is 0 Å². The number of ether oxygens (including phenoxy) is 1. The van der Waals surface area contributed by atoms with Gasteiger partial charge in [0.1, 0.15) is 5.75 Å². The van der Waals surface area contributed by atoms with Gasteiger partial charge in [-0.05, 0) is 35.7 Å². The van der Waals surface area contributed by atoms with E-state index in [9.17, 15) is 4.79 Å². The second kappa shape index (κ2) is 7.98. The topological polar surface area (TPSA) is 77.2 Å². The quantitative estimate of drug-likeness (QED) is 0.651. The first kappa shape index (κ1) is 16.5. The van der Waals surface area contributed by atoms with Gasteiger partial charge in [-0.25, -0.2) is 0 Å². The zero-order valence-electron chi connectivity index (χ0n) is 12.9. The number of carbonyl (C=O) groups excluding carboxylic acids is 1. The number of hydrogen-bond donors (Lipinski definition) is 1. The van der Waals surface area contributed by atoms with Crippen LogP contribution in [0.15, 0.2) is 51.4 Å². The molecule has 1 N–H and O–H groups in total. The third kappa shape index (κ3) is 4.36. The summed E-state index contributed by atoms with van der Waals surface area (Å²) in [6, 6.07) is 11.3. The maximum absolute atomic E-state index is 11.8. The third-order valence-electron chi connectivity index (χ3n) is 3.11. The molecule has 0 radical (unpaired) electrons. The minimum atomic E-state index is -0.0717. The van der Waals surface area contributed by atoms with Crippen LogP contribution in [0.4, 0.5) is 0 Å². The van der Waals surface area contributed by atoms with Gasteiger partial charge in [0.2, 0.25) is 11.8 Å². The first-order valence-corrected chi connectivity index (χ1v) is 9.01. The molecule has 0 aliphatic carbocycles. The van der Waals surface area contributed by atoms with Crippen LogP contribution in [0.2, 0.25) is 0 Å². The predicted molar refractivity (Wildman–Crippen MR) is 93.2 cm³/mol. The summed E-state index contributed by atoms with van der Waals surface area (Å²) in [6.45, 7) is 0.540. The maximum Gasteiger partial charge on any atom is 0.277 e. The summed E-state index contributed by atoms with van der Waals surface area (Å²) < 4.78 is 10.7. The van der Waals surface area contributed by atoms with Crippen molar-refractivity contribution in [3.8, 4) is 17.2 Å². The highest BCUT2D eigenvalue weighted by atomic mass is 32.2. The normalized spacial score (nSPS) is 10.5. The molecule has 8 heteroatoms. The molecule has 0 aliphatic heterocycles. The van der Waals surface area contributed by atoms with Crippen molar-refractivity contribution in [1.82, 2.24) is 15.5 Å². The van der Waals surface area contributed by atoms with Gasteiger partial charge in [0.15, 0.2) is 0 Å². The van der Waals surface area contributed by atoms with Crippen LogP contribution in [-0.4, -0.2) is 29.0 Å². The Morgan fingerprint density at radius 3 is 2.83 bits per heavy atom. The van der Waals surface area contributed by atoms with Crippen molar-refractivity contribution >= 4 is 29.0 Å². The van der Waals surface area contributed by atoms with E-state index in [1.807, 2.05) is 41.8 Å². The summed E-state index contributed by atoms with van der Waals surface area (Å²) in [4.78, 5) is 12.9. The average molecular weight is 361 g/mol. The Bertz CT molecular complexity index is 785. The molecule has 124 valence electrons. The van der Waals surface area contributed by atoms with E-state index in [4.69, 9.17) is 9.15 Å². The molecule has 0 aliphatic rings. The molecule has 0 spiro atoms. The lowest BCUT2D eigenvalue weighted by Crippen LogP contribution is -2.24. The molecule has 0 atom stereocenters. The number of thioether (sulfide) groups is 1. The molecule has 3 rings (SSSR count). The highest BCUT2D eigenvalue weighted by Gasteiger charge is 2.11. The first-order chi connectivity index (χ1) is 11.7. The van der Waals surface area contributed by atoms with Crippen LogP contribution in [-0.2, 0) is 11.3 Å². The van der Waals surface area contributed by atoms with Gasteiger partial charge in [0.05, 0.1) is 19.4 Å². The Balaban J connectivity index is 1.51. The molecule has 0 fully saturated rings. The molecule has 0 saturated carbocycles. The number of aromatic nitrogens is 2. The summed E-state index contributed by atoms with van der Waals surface area (Å²) in [5.74, 6) is 1.34. The van der Waals surface area contributed by atoms with E-state index in [1.54, 1.807) is 18.4 Å².